The van der Waals surface area contributed by atoms with E-state index in [1.807, 2.05) is 0 Å². The Balaban J connectivity index is 1.67. The van der Waals surface area contributed by atoms with Crippen molar-refractivity contribution in [2.75, 3.05) is 19.8 Å². The second kappa shape index (κ2) is 8.50. The Bertz CT molecular complexity index is 304. The van der Waals surface area contributed by atoms with Crippen LogP contribution in [-0.2, 0) is 21.8 Å². The molecule has 5 atom stereocenters. The molecule has 0 spiro atoms. The molecule has 2 saturated heterocycles. The Morgan fingerprint density at radius 2 is 1.90 bits per heavy atom. The molecular weight excluding hydrogens is 336 g/mol. The van der Waals surface area contributed by atoms with Crippen LogP contribution in [0.4, 0.5) is 0 Å². The monoisotopic (exact) mass is 366 g/mol. The lowest BCUT2D eigenvalue weighted by Crippen LogP contribution is -2.50. The number of hydrogen-bond acceptors (Lipinski definition) is 5. The van der Waals surface area contributed by atoms with Crippen LogP contribution in [-0.4, -0.2) is 61.8 Å². The van der Waals surface area contributed by atoms with Gasteiger partial charge >= 0.3 is 0 Å². The van der Waals surface area contributed by atoms with Crippen molar-refractivity contribution >= 4 is 35.9 Å². The lowest BCUT2D eigenvalue weighted by Gasteiger charge is -2.37. The number of unbranched alkanes of at least 4 members (excludes halogenated alkanes) is 1. The van der Waals surface area contributed by atoms with Crippen molar-refractivity contribution in [1.29, 1.82) is 0 Å². The summed E-state index contributed by atoms with van der Waals surface area (Å²) >= 11 is 0. The largest absolute Gasteiger partial charge is 0.442 e. The van der Waals surface area contributed by atoms with Crippen molar-refractivity contribution in [3.63, 3.8) is 0 Å². The predicted octanol–water partition coefficient (Wildman–Crippen LogP) is 1.41. The predicted molar refractivity (Wildman–Crippen MR) is 93.3 cm³/mol. The summed E-state index contributed by atoms with van der Waals surface area (Å²) in [5.74, 6) is 0. The second-order valence-corrected chi connectivity index (χ2v) is 18.5. The summed E-state index contributed by atoms with van der Waals surface area (Å²) in [7, 11) is -5.61. The zero-order chi connectivity index (χ0) is 15.3. The summed E-state index contributed by atoms with van der Waals surface area (Å²) in [6, 6.07) is 1.22. The molecule has 0 N–H and O–H groups in total. The molecule has 2 fully saturated rings. The zero-order valence-corrected chi connectivity index (χ0v) is 18.3. The van der Waals surface area contributed by atoms with Crippen LogP contribution < -0.4 is 0 Å². The van der Waals surface area contributed by atoms with Crippen LogP contribution in [0.15, 0.2) is 0 Å². The third kappa shape index (κ3) is 7.18. The smallest absolute Gasteiger partial charge is 0.298 e. The van der Waals surface area contributed by atoms with Crippen LogP contribution in [0.5, 0.6) is 0 Å². The number of hydrogen-bond donors (Lipinski definition) is 0. The molecule has 0 amide bonds. The van der Waals surface area contributed by atoms with Gasteiger partial charge in [-0.2, -0.15) is 0 Å². The molecule has 2 rings (SSSR count). The van der Waals surface area contributed by atoms with E-state index in [1.54, 1.807) is 0 Å². The summed E-state index contributed by atoms with van der Waals surface area (Å²) < 4.78 is 29.3. The first kappa shape index (κ1) is 18.0. The van der Waals surface area contributed by atoms with E-state index in [9.17, 15) is 0 Å². The fourth-order valence-corrected chi connectivity index (χ4v) is 22.2. The molecule has 21 heavy (non-hydrogen) atoms. The van der Waals surface area contributed by atoms with Gasteiger partial charge in [0.2, 0.25) is 0 Å². The molecule has 0 radical (unpaired) electrons. The molecule has 0 bridgehead atoms. The highest BCUT2D eigenvalue weighted by Gasteiger charge is 2.37. The molecule has 0 saturated carbocycles. The Hall–Kier alpha value is 0.668. The molecule has 2 heterocycles. The summed E-state index contributed by atoms with van der Waals surface area (Å²) in [5, 5.41) is 0. The third-order valence-electron chi connectivity index (χ3n) is 3.93. The molecule has 124 valence electrons. The Morgan fingerprint density at radius 1 is 1.14 bits per heavy atom. The quantitative estimate of drug-likeness (QED) is 0.387. The topological polar surface area (TPSA) is 49.5 Å². The fraction of sp³-hybridized carbons (Fsp3) is 1.00. The van der Waals surface area contributed by atoms with Crippen molar-refractivity contribution in [2.24, 2.45) is 0 Å². The van der Waals surface area contributed by atoms with Crippen molar-refractivity contribution in [1.82, 2.24) is 0 Å². The minimum Gasteiger partial charge on any atom is -0.442 e. The lowest BCUT2D eigenvalue weighted by molar-refractivity contribution is 0.114. The lowest BCUT2D eigenvalue weighted by atomic mass is 10.3. The van der Waals surface area contributed by atoms with Gasteiger partial charge in [0.15, 0.2) is 17.4 Å². The molecule has 2 aliphatic rings. The van der Waals surface area contributed by atoms with Crippen LogP contribution in [0, 0.1) is 0 Å². The van der Waals surface area contributed by atoms with E-state index in [0.717, 1.165) is 26.2 Å². The highest BCUT2D eigenvalue weighted by atomic mass is 28.5. The molecule has 5 unspecified atom stereocenters. The highest BCUT2D eigenvalue weighted by Crippen LogP contribution is 2.25. The zero-order valence-electron chi connectivity index (χ0n) is 13.8. The first-order chi connectivity index (χ1) is 9.97. The van der Waals surface area contributed by atoms with Gasteiger partial charge in [0.05, 0.1) is 13.2 Å². The molecule has 0 aliphatic carbocycles. The first-order valence-electron chi connectivity index (χ1n) is 8.15. The van der Waals surface area contributed by atoms with Gasteiger partial charge in [-0.3, -0.25) is 0 Å². The molecule has 0 aromatic rings. The van der Waals surface area contributed by atoms with Crippen LogP contribution in [0.25, 0.3) is 0 Å². The second-order valence-electron chi connectivity index (χ2n) is 6.48. The normalized spacial score (nSPS) is 40.6. The number of rotatable bonds is 7. The van der Waals surface area contributed by atoms with E-state index in [2.05, 4.69) is 26.2 Å². The van der Waals surface area contributed by atoms with Gasteiger partial charge in [0, 0.05) is 6.61 Å². The maximum absolute atomic E-state index is 6.46. The van der Waals surface area contributed by atoms with Gasteiger partial charge in [0.25, 0.3) is 18.6 Å². The standard InChI is InChI=1S/C12H30O5Si4/c1-18-11-21(4,17-20(3)16-19(2)15-18)8-6-5-7-13-9-12-10-14-12/h12,18-20H,5-11H2,1-4H3. The van der Waals surface area contributed by atoms with Crippen LogP contribution in [0.1, 0.15) is 12.8 Å². The fourth-order valence-electron chi connectivity index (χ4n) is 3.00. The minimum atomic E-state index is -1.63. The molecule has 5 nitrogen and oxygen atoms in total. The Labute approximate surface area is 134 Å². The van der Waals surface area contributed by atoms with Crippen LogP contribution in [0.2, 0.25) is 37.9 Å². The van der Waals surface area contributed by atoms with E-state index in [-0.39, 0.29) is 0 Å². The van der Waals surface area contributed by atoms with Gasteiger partial charge in [0.1, 0.15) is 6.10 Å². The summed E-state index contributed by atoms with van der Waals surface area (Å²) in [4.78, 5) is 0. The average molecular weight is 367 g/mol. The van der Waals surface area contributed by atoms with Gasteiger partial charge in [-0.1, -0.05) is 6.42 Å². The van der Waals surface area contributed by atoms with Gasteiger partial charge in [-0.15, -0.1) is 0 Å². The molecule has 2 aliphatic heterocycles. The van der Waals surface area contributed by atoms with Crippen molar-refractivity contribution < 1.29 is 21.8 Å². The average Bonchev–Trinajstić information content (AvgIpc) is 3.14. The van der Waals surface area contributed by atoms with E-state index < -0.39 is 35.9 Å². The highest BCUT2D eigenvalue weighted by molar-refractivity contribution is 6.89. The minimum absolute atomic E-state index is 0.380. The SMILES string of the molecule is C[SiH]1C[Si](C)(CCCCOCC2CO2)O[SiH](C)O[SiH](C)O1. The maximum atomic E-state index is 6.46. The Morgan fingerprint density at radius 3 is 2.62 bits per heavy atom. The summed E-state index contributed by atoms with van der Waals surface area (Å²) in [6.45, 7) is 11.5. The van der Waals surface area contributed by atoms with Gasteiger partial charge < -0.3 is 21.8 Å². The molecule has 9 heteroatoms. The van der Waals surface area contributed by atoms with Crippen LogP contribution >= 0.6 is 0 Å². The molecule has 0 aromatic heterocycles. The van der Waals surface area contributed by atoms with Gasteiger partial charge in [-0.25, -0.2) is 0 Å². The van der Waals surface area contributed by atoms with E-state index >= 15 is 0 Å². The molecule has 0 aromatic carbocycles. The van der Waals surface area contributed by atoms with E-state index in [4.69, 9.17) is 21.8 Å². The van der Waals surface area contributed by atoms with Crippen molar-refractivity contribution in [3.05, 3.63) is 0 Å². The van der Waals surface area contributed by atoms with Crippen LogP contribution in [0.3, 0.4) is 0 Å². The number of epoxide rings is 1. The molecular formula is C12H30O5Si4. The summed E-state index contributed by atoms with van der Waals surface area (Å²) in [6.07, 6.45) is 2.70. The Kier molecular flexibility index (Phi) is 7.29. The van der Waals surface area contributed by atoms with Crippen molar-refractivity contribution in [2.45, 2.75) is 56.8 Å². The third-order valence-corrected chi connectivity index (χ3v) is 21.2. The van der Waals surface area contributed by atoms with Crippen molar-refractivity contribution in [3.8, 4) is 0 Å². The van der Waals surface area contributed by atoms with E-state index in [0.29, 0.717) is 6.10 Å². The maximum Gasteiger partial charge on any atom is 0.298 e. The summed E-state index contributed by atoms with van der Waals surface area (Å²) in [5.41, 5.74) is 1.24. The van der Waals surface area contributed by atoms with E-state index in [1.165, 1.54) is 18.1 Å². The number of ether oxygens (including phenoxy) is 2. The first-order valence-corrected chi connectivity index (χ1v) is 17.6. The van der Waals surface area contributed by atoms with Gasteiger partial charge in [-0.05, 0) is 44.3 Å².